The van der Waals surface area contributed by atoms with Crippen LogP contribution in [0, 0.1) is 5.82 Å². The van der Waals surface area contributed by atoms with E-state index in [1.54, 1.807) is 19.2 Å². The summed E-state index contributed by atoms with van der Waals surface area (Å²) in [5, 5.41) is 0.660. The van der Waals surface area contributed by atoms with Crippen LogP contribution < -0.4 is 5.73 Å². The van der Waals surface area contributed by atoms with Crippen molar-refractivity contribution in [1.82, 2.24) is 0 Å². The fraction of sp³-hybridized carbons (Fsp3) is 0.278. The summed E-state index contributed by atoms with van der Waals surface area (Å²) < 4.78 is 18.7. The lowest BCUT2D eigenvalue weighted by atomic mass is 9.86. The maximum absolute atomic E-state index is 13.2. The van der Waals surface area contributed by atoms with Gasteiger partial charge in [0, 0.05) is 18.1 Å². The molecule has 0 spiro atoms. The molecule has 0 aromatic heterocycles. The molecule has 0 aliphatic heterocycles. The molecule has 1 amide bonds. The number of benzene rings is 2. The smallest absolute Gasteiger partial charge is 0.220 e. The highest BCUT2D eigenvalue weighted by Gasteiger charge is 2.25. The molecule has 2 atom stereocenters. The molecule has 0 bridgehead atoms. The molecule has 0 radical (unpaired) electrons. The molecule has 0 unspecified atom stereocenters. The Balaban J connectivity index is 2.31. The van der Waals surface area contributed by atoms with Crippen molar-refractivity contribution in [2.24, 2.45) is 5.73 Å². The number of amides is 1. The van der Waals surface area contributed by atoms with Crippen molar-refractivity contribution in [3.05, 3.63) is 70.5 Å². The van der Waals surface area contributed by atoms with Gasteiger partial charge < -0.3 is 10.5 Å². The molecule has 2 N–H and O–H groups in total. The van der Waals surface area contributed by atoms with E-state index >= 15 is 0 Å². The quantitative estimate of drug-likeness (QED) is 0.838. The molecule has 3 nitrogen and oxygen atoms in total. The zero-order valence-electron chi connectivity index (χ0n) is 12.8. The predicted octanol–water partition coefficient (Wildman–Crippen LogP) is 3.70. The zero-order valence-corrected chi connectivity index (χ0v) is 13.6. The number of ether oxygens (including phenoxy) is 1. The molecule has 0 aliphatic carbocycles. The van der Waals surface area contributed by atoms with Crippen molar-refractivity contribution in [1.29, 1.82) is 0 Å². The van der Waals surface area contributed by atoms with Gasteiger partial charge in [0.25, 0.3) is 0 Å². The van der Waals surface area contributed by atoms with E-state index < -0.39 is 5.91 Å². The van der Waals surface area contributed by atoms with Gasteiger partial charge in [-0.3, -0.25) is 4.79 Å². The van der Waals surface area contributed by atoms with E-state index in [9.17, 15) is 9.18 Å². The van der Waals surface area contributed by atoms with E-state index in [2.05, 4.69) is 0 Å². The zero-order chi connectivity index (χ0) is 16.8. The second-order valence-electron chi connectivity index (χ2n) is 5.43. The minimum absolute atomic E-state index is 0.103. The molecule has 0 saturated heterocycles. The summed E-state index contributed by atoms with van der Waals surface area (Å²) >= 11 is 5.91. The van der Waals surface area contributed by atoms with Crippen LogP contribution >= 0.6 is 11.6 Å². The Hall–Kier alpha value is -1.91. The van der Waals surface area contributed by atoms with Crippen LogP contribution in [-0.2, 0) is 16.0 Å². The second-order valence-corrected chi connectivity index (χ2v) is 5.87. The van der Waals surface area contributed by atoms with Crippen molar-refractivity contribution in [2.75, 3.05) is 7.11 Å². The van der Waals surface area contributed by atoms with E-state index in [-0.39, 0.29) is 24.3 Å². The maximum atomic E-state index is 13.2. The highest BCUT2D eigenvalue weighted by Crippen LogP contribution is 2.28. The summed E-state index contributed by atoms with van der Waals surface area (Å²) in [6.45, 7) is 0. The Morgan fingerprint density at radius 1 is 1.17 bits per heavy atom. The van der Waals surface area contributed by atoms with Crippen LogP contribution in [-0.4, -0.2) is 19.1 Å². The molecular weight excluding hydrogens is 317 g/mol. The Morgan fingerprint density at radius 3 is 2.30 bits per heavy atom. The van der Waals surface area contributed by atoms with E-state index in [1.807, 2.05) is 24.3 Å². The lowest BCUT2D eigenvalue weighted by Crippen LogP contribution is -2.29. The van der Waals surface area contributed by atoms with Gasteiger partial charge in [0.15, 0.2) is 0 Å². The van der Waals surface area contributed by atoms with Gasteiger partial charge in [-0.05, 0) is 41.8 Å². The Bertz CT molecular complexity index is 643. The first kappa shape index (κ1) is 17.4. The van der Waals surface area contributed by atoms with Gasteiger partial charge in [0.2, 0.25) is 5.91 Å². The van der Waals surface area contributed by atoms with Crippen LogP contribution in [0.3, 0.4) is 0 Å². The number of carbonyl (C=O) groups is 1. The molecule has 0 aliphatic rings. The Labute approximate surface area is 140 Å². The first-order valence-electron chi connectivity index (χ1n) is 7.30. The third-order valence-electron chi connectivity index (χ3n) is 3.82. The van der Waals surface area contributed by atoms with Crippen molar-refractivity contribution in [3.8, 4) is 0 Å². The van der Waals surface area contributed by atoms with Gasteiger partial charge in [-0.15, -0.1) is 0 Å². The molecule has 2 rings (SSSR count). The van der Waals surface area contributed by atoms with Gasteiger partial charge in [-0.2, -0.15) is 0 Å². The Morgan fingerprint density at radius 2 is 1.78 bits per heavy atom. The van der Waals surface area contributed by atoms with Gasteiger partial charge in [0.1, 0.15) is 5.82 Å². The molecule has 0 heterocycles. The molecular formula is C18H19ClFNO2. The van der Waals surface area contributed by atoms with E-state index in [0.29, 0.717) is 11.4 Å². The number of hydrogen-bond acceptors (Lipinski definition) is 2. The van der Waals surface area contributed by atoms with Crippen LogP contribution in [0.25, 0.3) is 0 Å². The van der Waals surface area contributed by atoms with Crippen molar-refractivity contribution in [2.45, 2.75) is 24.9 Å². The van der Waals surface area contributed by atoms with Gasteiger partial charge in [0.05, 0.1) is 12.5 Å². The van der Waals surface area contributed by atoms with Gasteiger partial charge in [-0.25, -0.2) is 4.39 Å². The summed E-state index contributed by atoms with van der Waals surface area (Å²) in [5.74, 6) is -0.850. The molecule has 23 heavy (non-hydrogen) atoms. The monoisotopic (exact) mass is 335 g/mol. The number of nitrogens with two attached hydrogens (primary N) is 1. The third kappa shape index (κ3) is 5.05. The SMILES string of the molecule is CO[C@H](CC(N)=O)[C@H](Cc1ccc(Cl)cc1)c1ccc(F)cc1. The number of halogens is 2. The summed E-state index contributed by atoms with van der Waals surface area (Å²) in [6.07, 6.45) is 0.356. The molecule has 5 heteroatoms. The Kier molecular flexibility index (Phi) is 6.13. The lowest BCUT2D eigenvalue weighted by molar-refractivity contribution is -0.120. The molecule has 122 valence electrons. The van der Waals surface area contributed by atoms with E-state index in [1.165, 1.54) is 12.1 Å². The average Bonchev–Trinajstić information content (AvgIpc) is 2.53. The van der Waals surface area contributed by atoms with Crippen LogP contribution in [0.15, 0.2) is 48.5 Å². The number of primary amides is 1. The topological polar surface area (TPSA) is 52.3 Å². The minimum atomic E-state index is -0.430. The van der Waals surface area contributed by atoms with E-state index in [0.717, 1.165) is 11.1 Å². The molecule has 2 aromatic rings. The fourth-order valence-electron chi connectivity index (χ4n) is 2.64. The number of carbonyl (C=O) groups excluding carboxylic acids is 1. The number of methoxy groups -OCH3 is 1. The van der Waals surface area contributed by atoms with Gasteiger partial charge >= 0.3 is 0 Å². The minimum Gasteiger partial charge on any atom is -0.380 e. The standard InChI is InChI=1S/C18H19ClFNO2/c1-23-17(11-18(21)22)16(13-4-8-15(20)9-5-13)10-12-2-6-14(19)7-3-12/h2-9,16-17H,10-11H2,1H3,(H2,21,22)/t16-,17-/m1/s1. The van der Waals surface area contributed by atoms with Crippen LogP contribution in [0.2, 0.25) is 5.02 Å². The summed E-state index contributed by atoms with van der Waals surface area (Å²) in [7, 11) is 1.55. The number of rotatable bonds is 7. The fourth-order valence-corrected chi connectivity index (χ4v) is 2.76. The van der Waals surface area contributed by atoms with Crippen molar-refractivity contribution in [3.63, 3.8) is 0 Å². The number of hydrogen-bond donors (Lipinski definition) is 1. The molecule has 0 saturated carbocycles. The summed E-state index contributed by atoms with van der Waals surface area (Å²) in [5.41, 5.74) is 7.27. The third-order valence-corrected chi connectivity index (χ3v) is 4.07. The molecule has 0 fully saturated rings. The van der Waals surface area contributed by atoms with Gasteiger partial charge in [-0.1, -0.05) is 35.9 Å². The largest absolute Gasteiger partial charge is 0.380 e. The highest BCUT2D eigenvalue weighted by molar-refractivity contribution is 6.30. The van der Waals surface area contributed by atoms with Crippen molar-refractivity contribution >= 4 is 17.5 Å². The average molecular weight is 336 g/mol. The maximum Gasteiger partial charge on any atom is 0.220 e. The van der Waals surface area contributed by atoms with Crippen molar-refractivity contribution < 1.29 is 13.9 Å². The van der Waals surface area contributed by atoms with Crippen LogP contribution in [0.4, 0.5) is 4.39 Å². The first-order chi connectivity index (χ1) is 11.0. The second kappa shape index (κ2) is 8.09. The van der Waals surface area contributed by atoms with Crippen LogP contribution in [0.1, 0.15) is 23.5 Å². The normalized spacial score (nSPS) is 13.5. The first-order valence-corrected chi connectivity index (χ1v) is 7.68. The predicted molar refractivity (Wildman–Crippen MR) is 88.9 cm³/mol. The summed E-state index contributed by atoms with van der Waals surface area (Å²) in [6, 6.07) is 13.7. The molecule has 2 aromatic carbocycles. The lowest BCUT2D eigenvalue weighted by Gasteiger charge is -2.26. The van der Waals surface area contributed by atoms with E-state index in [4.69, 9.17) is 22.1 Å². The highest BCUT2D eigenvalue weighted by atomic mass is 35.5. The van der Waals surface area contributed by atoms with Crippen LogP contribution in [0.5, 0.6) is 0 Å². The summed E-state index contributed by atoms with van der Waals surface area (Å²) in [4.78, 5) is 11.3.